The molecule has 144 valence electrons. The van der Waals surface area contributed by atoms with Crippen LogP contribution >= 0.6 is 0 Å². The number of hydrazone groups is 1. The van der Waals surface area contributed by atoms with Crippen molar-refractivity contribution in [3.05, 3.63) is 108 Å². The maximum absolute atomic E-state index is 13.8. The number of nitrogens with zero attached hydrogens (tertiary/aromatic N) is 2. The lowest BCUT2D eigenvalue weighted by Gasteiger charge is -2.26. The van der Waals surface area contributed by atoms with Gasteiger partial charge in [0.25, 0.3) is 5.91 Å². The Morgan fingerprint density at radius 3 is 2.07 bits per heavy atom. The Hall–Kier alpha value is -3.46. The van der Waals surface area contributed by atoms with E-state index in [1.165, 1.54) is 0 Å². The molecule has 0 saturated carbocycles. The molecule has 1 amide bonds. The highest BCUT2D eigenvalue weighted by Gasteiger charge is 2.48. The van der Waals surface area contributed by atoms with Crippen LogP contribution in [0.2, 0.25) is 0 Å². The summed E-state index contributed by atoms with van der Waals surface area (Å²) in [4.78, 5) is 13.8. The van der Waals surface area contributed by atoms with Crippen molar-refractivity contribution < 1.29 is 4.79 Å². The van der Waals surface area contributed by atoms with Crippen molar-refractivity contribution in [2.24, 2.45) is 10.5 Å². The van der Waals surface area contributed by atoms with E-state index in [9.17, 15) is 4.79 Å². The Bertz CT molecular complexity index is 1030. The second kappa shape index (κ2) is 8.27. The highest BCUT2D eigenvalue weighted by atomic mass is 16.2. The molecule has 0 spiro atoms. The summed E-state index contributed by atoms with van der Waals surface area (Å²) < 4.78 is 0. The van der Waals surface area contributed by atoms with Crippen LogP contribution in [-0.4, -0.2) is 11.6 Å². The van der Waals surface area contributed by atoms with E-state index < -0.39 is 5.41 Å². The van der Waals surface area contributed by atoms with Crippen molar-refractivity contribution in [1.29, 1.82) is 0 Å². The van der Waals surface area contributed by atoms with Crippen molar-refractivity contribution in [1.82, 2.24) is 0 Å². The number of hydrogen-bond donors (Lipinski definition) is 0. The molecule has 1 aliphatic rings. The van der Waals surface area contributed by atoms with Crippen LogP contribution in [-0.2, 0) is 11.2 Å². The highest BCUT2D eigenvalue weighted by molar-refractivity contribution is 6.21. The minimum Gasteiger partial charge on any atom is -0.271 e. The first-order chi connectivity index (χ1) is 14.2. The lowest BCUT2D eigenvalue weighted by molar-refractivity contribution is -0.122. The molecule has 1 atom stereocenters. The molecular formula is C26H24N2O. The summed E-state index contributed by atoms with van der Waals surface area (Å²) in [6.07, 6.45) is 5.39. The first-order valence-electron chi connectivity index (χ1n) is 9.99. The standard InChI is InChI=1S/C26H24N2O/c1-2-24-26(20-22-14-8-4-9-15-22,19-18-21-12-6-3-7-13-21)25(29)28(27-24)23-16-10-5-11-17-23/h3-19H,2,20H2,1H3/b19-18+. The summed E-state index contributed by atoms with van der Waals surface area (Å²) in [5.74, 6) is -0.00316. The molecule has 0 aliphatic carbocycles. The van der Waals surface area contributed by atoms with E-state index in [1.807, 2.05) is 91.0 Å². The molecule has 29 heavy (non-hydrogen) atoms. The van der Waals surface area contributed by atoms with Crippen LogP contribution in [0, 0.1) is 5.41 Å². The number of carbonyl (C=O) groups excluding carboxylic acids is 1. The van der Waals surface area contributed by atoms with Gasteiger partial charge in [0.2, 0.25) is 0 Å². The monoisotopic (exact) mass is 380 g/mol. The van der Waals surface area contributed by atoms with Gasteiger partial charge in [-0.15, -0.1) is 0 Å². The zero-order valence-electron chi connectivity index (χ0n) is 16.5. The predicted molar refractivity (Wildman–Crippen MR) is 120 cm³/mol. The van der Waals surface area contributed by atoms with Gasteiger partial charge in [0.05, 0.1) is 11.4 Å². The number of amides is 1. The van der Waals surface area contributed by atoms with E-state index in [4.69, 9.17) is 5.10 Å². The smallest absolute Gasteiger partial charge is 0.263 e. The second-order valence-electron chi connectivity index (χ2n) is 7.23. The first kappa shape index (κ1) is 18.9. The van der Waals surface area contributed by atoms with Crippen LogP contribution in [0.15, 0.2) is 102 Å². The van der Waals surface area contributed by atoms with Gasteiger partial charge in [-0.25, -0.2) is 0 Å². The SMILES string of the molecule is CCC1=NN(c2ccccc2)C(=O)C1(/C=C/c1ccccc1)Cc1ccccc1. The average Bonchev–Trinajstić information content (AvgIpc) is 3.06. The summed E-state index contributed by atoms with van der Waals surface area (Å²) in [5, 5.41) is 6.34. The van der Waals surface area contributed by atoms with Gasteiger partial charge < -0.3 is 0 Å². The van der Waals surface area contributed by atoms with Gasteiger partial charge in [-0.3, -0.25) is 4.79 Å². The molecule has 0 N–H and O–H groups in total. The van der Waals surface area contributed by atoms with Gasteiger partial charge in [-0.2, -0.15) is 10.1 Å². The van der Waals surface area contributed by atoms with Gasteiger partial charge in [-0.05, 0) is 36.1 Å². The second-order valence-corrected chi connectivity index (χ2v) is 7.23. The fourth-order valence-electron chi connectivity index (χ4n) is 3.82. The fourth-order valence-corrected chi connectivity index (χ4v) is 3.82. The van der Waals surface area contributed by atoms with Gasteiger partial charge in [-0.1, -0.05) is 97.9 Å². The van der Waals surface area contributed by atoms with Gasteiger partial charge >= 0.3 is 0 Å². The van der Waals surface area contributed by atoms with Crippen LogP contribution in [0.1, 0.15) is 24.5 Å². The Morgan fingerprint density at radius 1 is 0.862 bits per heavy atom. The van der Waals surface area contributed by atoms with Crippen molar-refractivity contribution in [3.63, 3.8) is 0 Å². The van der Waals surface area contributed by atoms with Gasteiger partial charge in [0, 0.05) is 0 Å². The summed E-state index contributed by atoms with van der Waals surface area (Å²) in [7, 11) is 0. The molecule has 0 bridgehead atoms. The van der Waals surface area contributed by atoms with Crippen LogP contribution in [0.4, 0.5) is 5.69 Å². The summed E-state index contributed by atoms with van der Waals surface area (Å²) in [6.45, 7) is 2.07. The zero-order chi connectivity index (χ0) is 20.1. The number of anilines is 1. The highest BCUT2D eigenvalue weighted by Crippen LogP contribution is 2.39. The lowest BCUT2D eigenvalue weighted by atomic mass is 9.75. The van der Waals surface area contributed by atoms with Crippen molar-refractivity contribution in [3.8, 4) is 0 Å². The number of hydrogen-bond acceptors (Lipinski definition) is 2. The molecule has 0 saturated heterocycles. The Kier molecular flexibility index (Phi) is 5.39. The summed E-state index contributed by atoms with van der Waals surface area (Å²) >= 11 is 0. The summed E-state index contributed by atoms with van der Waals surface area (Å²) in [5.41, 5.74) is 3.09. The molecule has 4 rings (SSSR count). The van der Waals surface area contributed by atoms with Crippen LogP contribution < -0.4 is 5.01 Å². The van der Waals surface area contributed by atoms with E-state index in [2.05, 4.69) is 19.1 Å². The molecule has 1 aliphatic heterocycles. The molecular weight excluding hydrogens is 356 g/mol. The molecule has 0 aromatic heterocycles. The van der Waals surface area contributed by atoms with Gasteiger partial charge in [0.15, 0.2) is 0 Å². The van der Waals surface area contributed by atoms with Crippen molar-refractivity contribution >= 4 is 23.4 Å². The molecule has 0 fully saturated rings. The molecule has 3 nitrogen and oxygen atoms in total. The van der Waals surface area contributed by atoms with E-state index >= 15 is 0 Å². The Labute approximate surface area is 172 Å². The lowest BCUT2D eigenvalue weighted by Crippen LogP contribution is -2.40. The number of rotatable bonds is 6. The van der Waals surface area contributed by atoms with E-state index in [1.54, 1.807) is 5.01 Å². The minimum atomic E-state index is -0.790. The molecule has 3 aromatic rings. The van der Waals surface area contributed by atoms with E-state index in [0.29, 0.717) is 12.8 Å². The summed E-state index contributed by atoms with van der Waals surface area (Å²) in [6, 6.07) is 29.9. The van der Waals surface area contributed by atoms with Crippen molar-refractivity contribution in [2.45, 2.75) is 19.8 Å². The third-order valence-electron chi connectivity index (χ3n) is 5.33. The number of carbonyl (C=O) groups is 1. The molecule has 1 unspecified atom stereocenters. The fraction of sp³-hybridized carbons (Fsp3) is 0.154. The molecule has 3 aromatic carbocycles. The van der Waals surface area contributed by atoms with Crippen LogP contribution in [0.25, 0.3) is 6.08 Å². The number of para-hydroxylation sites is 1. The third kappa shape index (κ3) is 3.77. The maximum Gasteiger partial charge on any atom is 0.263 e. The number of benzene rings is 3. The van der Waals surface area contributed by atoms with Crippen molar-refractivity contribution in [2.75, 3.05) is 5.01 Å². The minimum absolute atomic E-state index is 0.00316. The normalized spacial score (nSPS) is 19.0. The topological polar surface area (TPSA) is 32.7 Å². The van der Waals surface area contributed by atoms with Gasteiger partial charge in [0.1, 0.15) is 5.41 Å². The molecule has 3 heteroatoms. The molecule has 0 radical (unpaired) electrons. The largest absolute Gasteiger partial charge is 0.271 e. The maximum atomic E-state index is 13.8. The Balaban J connectivity index is 1.79. The van der Waals surface area contributed by atoms with Crippen LogP contribution in [0.5, 0.6) is 0 Å². The van der Waals surface area contributed by atoms with E-state index in [-0.39, 0.29) is 5.91 Å². The van der Waals surface area contributed by atoms with E-state index in [0.717, 1.165) is 22.5 Å². The first-order valence-corrected chi connectivity index (χ1v) is 9.99. The third-order valence-corrected chi connectivity index (χ3v) is 5.33. The van der Waals surface area contributed by atoms with Crippen LogP contribution in [0.3, 0.4) is 0 Å². The zero-order valence-corrected chi connectivity index (χ0v) is 16.5. The average molecular weight is 380 g/mol. The molecule has 1 heterocycles. The quantitative estimate of drug-likeness (QED) is 0.536. The Morgan fingerprint density at radius 2 is 1.45 bits per heavy atom. The predicted octanol–water partition coefficient (Wildman–Crippen LogP) is 5.74.